The Hall–Kier alpha value is -3.13. The number of benzene rings is 2. The predicted octanol–water partition coefficient (Wildman–Crippen LogP) is 2.26. The van der Waals surface area contributed by atoms with Crippen LogP contribution in [0.25, 0.3) is 0 Å². The molecule has 29 heavy (non-hydrogen) atoms. The summed E-state index contributed by atoms with van der Waals surface area (Å²) in [5.74, 6) is -0.378. The largest absolute Gasteiger partial charge is 0.362 e. The van der Waals surface area contributed by atoms with Crippen LogP contribution in [0.3, 0.4) is 0 Å². The van der Waals surface area contributed by atoms with E-state index in [9.17, 15) is 19.7 Å². The number of piperazine rings is 1. The molecule has 1 heterocycles. The zero-order valence-electron chi connectivity index (χ0n) is 15.7. The van der Waals surface area contributed by atoms with E-state index in [1.807, 2.05) is 35.2 Å². The maximum absolute atomic E-state index is 12.4. The molecule has 2 amide bonds. The van der Waals surface area contributed by atoms with E-state index in [2.05, 4.69) is 5.32 Å². The van der Waals surface area contributed by atoms with Crippen LogP contribution in [0.1, 0.15) is 5.56 Å². The van der Waals surface area contributed by atoms with Gasteiger partial charge < -0.3 is 15.1 Å². The van der Waals surface area contributed by atoms with Crippen LogP contribution in [0.5, 0.6) is 0 Å². The van der Waals surface area contributed by atoms with E-state index in [-0.39, 0.29) is 30.5 Å². The molecule has 152 valence electrons. The summed E-state index contributed by atoms with van der Waals surface area (Å²) >= 11 is 5.87. The molecular weight excluding hydrogens is 396 g/mol. The fourth-order valence-corrected chi connectivity index (χ4v) is 3.40. The van der Waals surface area contributed by atoms with Crippen molar-refractivity contribution >= 4 is 34.8 Å². The highest BCUT2D eigenvalue weighted by Gasteiger charge is 2.26. The van der Waals surface area contributed by atoms with Gasteiger partial charge in [0, 0.05) is 37.3 Å². The second-order valence-corrected chi connectivity index (χ2v) is 7.13. The minimum atomic E-state index is -0.457. The van der Waals surface area contributed by atoms with E-state index in [1.54, 1.807) is 17.0 Å². The van der Waals surface area contributed by atoms with Crippen molar-refractivity contribution in [3.63, 3.8) is 0 Å². The molecule has 2 aromatic rings. The summed E-state index contributed by atoms with van der Waals surface area (Å²) in [4.78, 5) is 38.7. The number of anilines is 1. The van der Waals surface area contributed by atoms with Gasteiger partial charge in [0.15, 0.2) is 0 Å². The van der Waals surface area contributed by atoms with Gasteiger partial charge in [-0.25, -0.2) is 0 Å². The topological polar surface area (TPSA) is 95.8 Å². The highest BCUT2D eigenvalue weighted by Crippen LogP contribution is 2.31. The number of hydrogen-bond acceptors (Lipinski definition) is 5. The Morgan fingerprint density at radius 3 is 2.41 bits per heavy atom. The van der Waals surface area contributed by atoms with Crippen LogP contribution in [0.15, 0.2) is 48.5 Å². The fourth-order valence-electron chi connectivity index (χ4n) is 3.24. The van der Waals surface area contributed by atoms with E-state index in [0.717, 1.165) is 5.56 Å². The summed E-state index contributed by atoms with van der Waals surface area (Å²) in [7, 11) is 0. The zero-order chi connectivity index (χ0) is 20.8. The summed E-state index contributed by atoms with van der Waals surface area (Å²) < 4.78 is 0. The van der Waals surface area contributed by atoms with Gasteiger partial charge in [-0.2, -0.15) is 0 Å². The third-order valence-corrected chi connectivity index (χ3v) is 4.99. The first kappa shape index (κ1) is 20.6. The predicted molar refractivity (Wildman–Crippen MR) is 110 cm³/mol. The van der Waals surface area contributed by atoms with Crippen molar-refractivity contribution < 1.29 is 14.5 Å². The normalized spacial score (nSPS) is 13.8. The minimum absolute atomic E-state index is 0.0505. The van der Waals surface area contributed by atoms with Crippen LogP contribution in [0.2, 0.25) is 5.02 Å². The first-order valence-electron chi connectivity index (χ1n) is 9.21. The maximum Gasteiger partial charge on any atom is 0.294 e. The van der Waals surface area contributed by atoms with Gasteiger partial charge in [0.1, 0.15) is 5.69 Å². The number of nitrogens with zero attached hydrogens (tertiary/aromatic N) is 3. The Morgan fingerprint density at radius 2 is 1.76 bits per heavy atom. The molecule has 1 N–H and O–H groups in total. The van der Waals surface area contributed by atoms with Gasteiger partial charge in [-0.05, 0) is 17.7 Å². The van der Waals surface area contributed by atoms with Gasteiger partial charge in [-0.15, -0.1) is 0 Å². The molecule has 1 fully saturated rings. The van der Waals surface area contributed by atoms with Crippen molar-refractivity contribution in [1.82, 2.24) is 10.2 Å². The van der Waals surface area contributed by atoms with Gasteiger partial charge in [0.25, 0.3) is 5.69 Å². The lowest BCUT2D eigenvalue weighted by Crippen LogP contribution is -2.51. The first-order valence-corrected chi connectivity index (χ1v) is 9.59. The summed E-state index contributed by atoms with van der Waals surface area (Å²) in [5, 5.41) is 14.2. The average Bonchev–Trinajstić information content (AvgIpc) is 2.73. The molecule has 3 rings (SSSR count). The Bertz CT molecular complexity index is 899. The monoisotopic (exact) mass is 416 g/mol. The molecule has 0 atom stereocenters. The molecular formula is C20H21ClN4O4. The molecule has 0 bridgehead atoms. The number of carbonyl (C=O) groups excluding carboxylic acids is 2. The summed E-state index contributed by atoms with van der Waals surface area (Å²) in [6.07, 6.45) is 0.224. The Labute approximate surface area is 173 Å². The maximum atomic E-state index is 12.4. The lowest BCUT2D eigenvalue weighted by Gasteiger charge is -2.35. The van der Waals surface area contributed by atoms with Crippen molar-refractivity contribution in [2.45, 2.75) is 6.42 Å². The number of rotatable bonds is 6. The van der Waals surface area contributed by atoms with Crippen LogP contribution in [0, 0.1) is 10.1 Å². The number of amides is 2. The van der Waals surface area contributed by atoms with Crippen molar-refractivity contribution in [1.29, 1.82) is 0 Å². The van der Waals surface area contributed by atoms with Gasteiger partial charge in [-0.1, -0.05) is 41.9 Å². The highest BCUT2D eigenvalue weighted by molar-refractivity contribution is 6.30. The fraction of sp³-hybridized carbons (Fsp3) is 0.300. The Kier molecular flexibility index (Phi) is 6.66. The van der Waals surface area contributed by atoms with Crippen LogP contribution in [-0.4, -0.2) is 54.4 Å². The number of nitro benzene ring substituents is 1. The van der Waals surface area contributed by atoms with E-state index in [4.69, 9.17) is 11.6 Å². The van der Waals surface area contributed by atoms with Crippen molar-refractivity contribution in [2.24, 2.45) is 0 Å². The second kappa shape index (κ2) is 9.38. The number of hydrogen-bond donors (Lipinski definition) is 1. The minimum Gasteiger partial charge on any atom is -0.362 e. The smallest absolute Gasteiger partial charge is 0.294 e. The molecule has 0 radical (unpaired) electrons. The number of nitrogens with one attached hydrogen (secondary N) is 1. The second-order valence-electron chi connectivity index (χ2n) is 6.70. The SMILES string of the molecule is O=C(Cc1ccccc1)NCC(=O)N1CCN(c2ccc(Cl)cc2[N+](=O)[O-])CC1. The van der Waals surface area contributed by atoms with Crippen LogP contribution < -0.4 is 10.2 Å². The lowest BCUT2D eigenvalue weighted by atomic mass is 10.1. The molecule has 8 nitrogen and oxygen atoms in total. The summed E-state index contributed by atoms with van der Waals surface area (Å²) in [6, 6.07) is 13.9. The standard InChI is InChI=1S/C20H21ClN4O4/c21-16-6-7-17(18(13-16)25(28)29)23-8-10-24(11-9-23)20(27)14-22-19(26)12-15-4-2-1-3-5-15/h1-7,13H,8-12,14H2,(H,22,26). The van der Waals surface area contributed by atoms with E-state index in [0.29, 0.717) is 36.9 Å². The van der Waals surface area contributed by atoms with Crippen LogP contribution in [0.4, 0.5) is 11.4 Å². The van der Waals surface area contributed by atoms with Gasteiger partial charge in [-0.3, -0.25) is 19.7 Å². The third-order valence-electron chi connectivity index (χ3n) is 4.75. The van der Waals surface area contributed by atoms with E-state index in [1.165, 1.54) is 6.07 Å². The molecule has 0 aliphatic carbocycles. The van der Waals surface area contributed by atoms with Gasteiger partial charge in [0.2, 0.25) is 11.8 Å². The average molecular weight is 417 g/mol. The summed E-state index contributed by atoms with van der Waals surface area (Å²) in [6.45, 7) is 1.71. The molecule has 0 saturated carbocycles. The lowest BCUT2D eigenvalue weighted by molar-refractivity contribution is -0.384. The number of nitro groups is 1. The molecule has 1 aliphatic heterocycles. The number of halogens is 1. The molecule has 1 saturated heterocycles. The molecule has 1 aliphatic rings. The molecule has 9 heteroatoms. The third kappa shape index (κ3) is 5.45. The molecule has 0 unspecified atom stereocenters. The number of carbonyl (C=O) groups is 2. The van der Waals surface area contributed by atoms with Crippen molar-refractivity contribution in [3.05, 3.63) is 69.2 Å². The molecule has 0 aromatic heterocycles. The molecule has 2 aromatic carbocycles. The Balaban J connectivity index is 1.50. The van der Waals surface area contributed by atoms with Crippen LogP contribution in [-0.2, 0) is 16.0 Å². The molecule has 0 spiro atoms. The van der Waals surface area contributed by atoms with Gasteiger partial charge in [0.05, 0.1) is 17.9 Å². The van der Waals surface area contributed by atoms with Gasteiger partial charge >= 0.3 is 0 Å². The van der Waals surface area contributed by atoms with Crippen LogP contribution >= 0.6 is 11.6 Å². The van der Waals surface area contributed by atoms with Crippen molar-refractivity contribution in [3.8, 4) is 0 Å². The Morgan fingerprint density at radius 1 is 1.07 bits per heavy atom. The zero-order valence-corrected chi connectivity index (χ0v) is 16.5. The quantitative estimate of drug-likeness (QED) is 0.575. The van der Waals surface area contributed by atoms with Crippen molar-refractivity contribution in [2.75, 3.05) is 37.6 Å². The highest BCUT2D eigenvalue weighted by atomic mass is 35.5. The summed E-state index contributed by atoms with van der Waals surface area (Å²) in [5.41, 5.74) is 1.32. The van der Waals surface area contributed by atoms with E-state index >= 15 is 0 Å². The van der Waals surface area contributed by atoms with E-state index < -0.39 is 4.92 Å². The first-order chi connectivity index (χ1) is 13.9.